The molecule has 2 aromatic heterocycles. The molecule has 0 saturated carbocycles. The molecule has 0 aliphatic heterocycles. The highest BCUT2D eigenvalue weighted by Crippen LogP contribution is 2.06. The molecule has 0 unspecified atom stereocenters. The first-order chi connectivity index (χ1) is 8.15. The second-order valence-electron chi connectivity index (χ2n) is 3.29. The number of carboxylic acid groups (broad SMARTS) is 1. The fourth-order valence-electron chi connectivity index (χ4n) is 1.26. The molecule has 2 N–H and O–H groups in total. The molecule has 0 spiro atoms. The number of amides is 1. The summed E-state index contributed by atoms with van der Waals surface area (Å²) < 4.78 is 14.0. The normalized spacial score (nSPS) is 10.2. The van der Waals surface area contributed by atoms with Crippen LogP contribution in [-0.2, 0) is 6.54 Å². The summed E-state index contributed by atoms with van der Waals surface area (Å²) in [7, 11) is 0. The molecule has 0 atom stereocenters. The summed E-state index contributed by atoms with van der Waals surface area (Å²) in [4.78, 5) is 14.3. The van der Waals surface area contributed by atoms with Gasteiger partial charge in [0, 0.05) is 12.7 Å². The number of carbonyl (C=O) groups is 1. The third-order valence-electron chi connectivity index (χ3n) is 2.04. The van der Waals surface area contributed by atoms with E-state index in [1.54, 1.807) is 12.1 Å². The molecule has 0 fully saturated rings. The average molecular weight is 236 g/mol. The predicted octanol–water partition coefficient (Wildman–Crippen LogP) is 1.17. The Labute approximate surface area is 95.7 Å². The fourth-order valence-corrected chi connectivity index (χ4v) is 1.26. The van der Waals surface area contributed by atoms with Crippen LogP contribution in [0.5, 0.6) is 0 Å². The smallest absolute Gasteiger partial charge is 0.404 e. The number of hydrogen-bond acceptors (Lipinski definition) is 3. The van der Waals surface area contributed by atoms with E-state index in [2.05, 4.69) is 15.4 Å². The highest BCUT2D eigenvalue weighted by molar-refractivity contribution is 5.64. The average Bonchev–Trinajstić information content (AvgIpc) is 2.74. The molecule has 0 saturated heterocycles. The lowest BCUT2D eigenvalue weighted by atomic mass is 10.3. The van der Waals surface area contributed by atoms with Crippen molar-refractivity contribution in [3.05, 3.63) is 42.1 Å². The van der Waals surface area contributed by atoms with Crippen molar-refractivity contribution in [2.45, 2.75) is 6.54 Å². The van der Waals surface area contributed by atoms with Gasteiger partial charge in [-0.1, -0.05) is 6.07 Å². The van der Waals surface area contributed by atoms with Crippen molar-refractivity contribution in [3.8, 4) is 5.82 Å². The molecular formula is C10H9FN4O2. The number of aromatic nitrogens is 3. The maximum atomic E-state index is 12.7. The Kier molecular flexibility index (Phi) is 2.99. The minimum atomic E-state index is -1.09. The van der Waals surface area contributed by atoms with Crippen molar-refractivity contribution in [2.75, 3.05) is 0 Å². The zero-order valence-electron chi connectivity index (χ0n) is 8.67. The van der Waals surface area contributed by atoms with E-state index in [9.17, 15) is 9.18 Å². The molecule has 0 aliphatic rings. The van der Waals surface area contributed by atoms with Gasteiger partial charge in [0.2, 0.25) is 0 Å². The van der Waals surface area contributed by atoms with Crippen LogP contribution >= 0.6 is 0 Å². The van der Waals surface area contributed by atoms with Crippen LogP contribution in [0.1, 0.15) is 5.56 Å². The molecule has 2 rings (SSSR count). The van der Waals surface area contributed by atoms with E-state index in [1.165, 1.54) is 17.1 Å². The minimum Gasteiger partial charge on any atom is -0.465 e. The number of nitrogens with one attached hydrogen (secondary N) is 1. The van der Waals surface area contributed by atoms with E-state index in [4.69, 9.17) is 5.11 Å². The molecule has 17 heavy (non-hydrogen) atoms. The van der Waals surface area contributed by atoms with Crippen LogP contribution in [-0.4, -0.2) is 26.0 Å². The molecule has 0 aromatic carbocycles. The summed E-state index contributed by atoms with van der Waals surface area (Å²) in [5.74, 6) is 0.0244. The summed E-state index contributed by atoms with van der Waals surface area (Å²) in [6.07, 6.45) is 2.70. The quantitative estimate of drug-likeness (QED) is 0.838. The Hall–Kier alpha value is -2.44. The standard InChI is InChI=1S/C10H9FN4O2/c11-8-5-14-15(6-8)9-2-1-7(3-12-9)4-13-10(16)17/h1-3,5-6,13H,4H2,(H,16,17). The minimum absolute atomic E-state index is 0.177. The lowest BCUT2D eigenvalue weighted by Crippen LogP contribution is -2.20. The van der Waals surface area contributed by atoms with Crippen molar-refractivity contribution in [1.82, 2.24) is 20.1 Å². The van der Waals surface area contributed by atoms with Gasteiger partial charge >= 0.3 is 6.09 Å². The Bertz CT molecular complexity index is 523. The Morgan fingerprint density at radius 1 is 1.47 bits per heavy atom. The van der Waals surface area contributed by atoms with Gasteiger partial charge in [0.25, 0.3) is 0 Å². The molecule has 0 radical (unpaired) electrons. The first-order valence-corrected chi connectivity index (χ1v) is 4.77. The Morgan fingerprint density at radius 2 is 2.29 bits per heavy atom. The van der Waals surface area contributed by atoms with E-state index < -0.39 is 11.9 Å². The molecule has 88 valence electrons. The van der Waals surface area contributed by atoms with E-state index in [-0.39, 0.29) is 6.54 Å². The summed E-state index contributed by atoms with van der Waals surface area (Å²) in [6, 6.07) is 3.32. The van der Waals surface area contributed by atoms with E-state index in [1.807, 2.05) is 0 Å². The van der Waals surface area contributed by atoms with Gasteiger partial charge in [-0.05, 0) is 11.6 Å². The van der Waals surface area contributed by atoms with Crippen molar-refractivity contribution in [2.24, 2.45) is 0 Å². The molecule has 0 bridgehead atoms. The summed E-state index contributed by atoms with van der Waals surface area (Å²) >= 11 is 0. The lowest BCUT2D eigenvalue weighted by Gasteiger charge is -2.03. The van der Waals surface area contributed by atoms with Crippen molar-refractivity contribution in [3.63, 3.8) is 0 Å². The number of rotatable bonds is 3. The Morgan fingerprint density at radius 3 is 2.82 bits per heavy atom. The van der Waals surface area contributed by atoms with Gasteiger partial charge in [0.1, 0.15) is 0 Å². The van der Waals surface area contributed by atoms with E-state index in [0.29, 0.717) is 11.4 Å². The van der Waals surface area contributed by atoms with Crippen LogP contribution in [0.3, 0.4) is 0 Å². The molecule has 7 heteroatoms. The van der Waals surface area contributed by atoms with Gasteiger partial charge in [-0.15, -0.1) is 0 Å². The topological polar surface area (TPSA) is 80.0 Å². The van der Waals surface area contributed by atoms with Gasteiger partial charge in [-0.25, -0.2) is 18.9 Å². The monoisotopic (exact) mass is 236 g/mol. The highest BCUT2D eigenvalue weighted by atomic mass is 19.1. The van der Waals surface area contributed by atoms with Crippen LogP contribution in [0.15, 0.2) is 30.7 Å². The third kappa shape index (κ3) is 2.77. The number of hydrogen-bond donors (Lipinski definition) is 2. The summed E-state index contributed by atoms with van der Waals surface area (Å²) in [5.41, 5.74) is 0.712. The zero-order chi connectivity index (χ0) is 12.3. The van der Waals surface area contributed by atoms with Crippen LogP contribution < -0.4 is 5.32 Å². The molecule has 2 heterocycles. The van der Waals surface area contributed by atoms with Gasteiger partial charge < -0.3 is 10.4 Å². The van der Waals surface area contributed by atoms with Gasteiger partial charge in [-0.3, -0.25) is 0 Å². The fraction of sp³-hybridized carbons (Fsp3) is 0.100. The van der Waals surface area contributed by atoms with Gasteiger partial charge in [-0.2, -0.15) is 5.10 Å². The Balaban J connectivity index is 2.10. The molecule has 2 aromatic rings. The van der Waals surface area contributed by atoms with E-state index in [0.717, 1.165) is 6.20 Å². The molecule has 0 aliphatic carbocycles. The summed E-state index contributed by atoms with van der Waals surface area (Å²) in [6.45, 7) is 0.177. The van der Waals surface area contributed by atoms with Crippen LogP contribution in [0.4, 0.5) is 9.18 Å². The molecule has 6 nitrogen and oxygen atoms in total. The lowest BCUT2D eigenvalue weighted by molar-refractivity contribution is 0.194. The maximum Gasteiger partial charge on any atom is 0.404 e. The van der Waals surface area contributed by atoms with Crippen molar-refractivity contribution >= 4 is 6.09 Å². The second kappa shape index (κ2) is 4.60. The summed E-state index contributed by atoms with van der Waals surface area (Å²) in [5, 5.41) is 14.4. The third-order valence-corrected chi connectivity index (χ3v) is 2.04. The van der Waals surface area contributed by atoms with Gasteiger partial charge in [0.05, 0.1) is 12.4 Å². The van der Waals surface area contributed by atoms with Crippen LogP contribution in [0, 0.1) is 5.82 Å². The largest absolute Gasteiger partial charge is 0.465 e. The van der Waals surface area contributed by atoms with Crippen LogP contribution in [0.2, 0.25) is 0 Å². The van der Waals surface area contributed by atoms with Crippen LogP contribution in [0.25, 0.3) is 5.82 Å². The molecular weight excluding hydrogens is 227 g/mol. The highest BCUT2D eigenvalue weighted by Gasteiger charge is 2.02. The number of pyridine rings is 1. The predicted molar refractivity (Wildman–Crippen MR) is 56.2 cm³/mol. The first-order valence-electron chi connectivity index (χ1n) is 4.77. The van der Waals surface area contributed by atoms with Crippen molar-refractivity contribution < 1.29 is 14.3 Å². The maximum absolute atomic E-state index is 12.7. The second-order valence-corrected chi connectivity index (χ2v) is 3.29. The molecule has 1 amide bonds. The SMILES string of the molecule is O=C(O)NCc1ccc(-n2cc(F)cn2)nc1. The number of nitrogens with zero attached hydrogens (tertiary/aromatic N) is 3. The first kappa shape index (κ1) is 11.1. The van der Waals surface area contributed by atoms with Gasteiger partial charge in [0.15, 0.2) is 11.6 Å². The number of halogens is 1. The van der Waals surface area contributed by atoms with Crippen molar-refractivity contribution in [1.29, 1.82) is 0 Å². The zero-order valence-corrected chi connectivity index (χ0v) is 8.67. The van der Waals surface area contributed by atoms with E-state index >= 15 is 0 Å².